The van der Waals surface area contributed by atoms with Crippen LogP contribution in [-0.2, 0) is 17.8 Å². The van der Waals surface area contributed by atoms with Gasteiger partial charge in [-0.15, -0.1) is 0 Å². The Morgan fingerprint density at radius 1 is 1.50 bits per heavy atom. The Kier molecular flexibility index (Phi) is 4.74. The van der Waals surface area contributed by atoms with Crippen molar-refractivity contribution in [3.8, 4) is 0 Å². The average Bonchev–Trinajstić information content (AvgIpc) is 2.96. The molecule has 0 aliphatic carbocycles. The first-order valence-electron chi connectivity index (χ1n) is 6.58. The molecule has 0 spiro atoms. The van der Waals surface area contributed by atoms with Gasteiger partial charge in [0.05, 0.1) is 13.2 Å². The lowest BCUT2D eigenvalue weighted by molar-refractivity contribution is 0.184. The highest BCUT2D eigenvalue weighted by Crippen LogP contribution is 2.15. The molecule has 1 aliphatic rings. The number of imidazole rings is 1. The van der Waals surface area contributed by atoms with Gasteiger partial charge in [-0.1, -0.05) is 0 Å². The monoisotopic (exact) mass is 252 g/mol. The smallest absolute Gasteiger partial charge is 0.122 e. The molecule has 2 heterocycles. The molecule has 1 aromatic heterocycles. The number of hydrogen-bond acceptors (Lipinski definition) is 4. The van der Waals surface area contributed by atoms with E-state index >= 15 is 0 Å². The highest BCUT2D eigenvalue weighted by atomic mass is 16.5. The second-order valence-corrected chi connectivity index (χ2v) is 5.17. The molecule has 102 valence electrons. The van der Waals surface area contributed by atoms with Crippen LogP contribution in [0.25, 0.3) is 0 Å². The number of aromatic nitrogens is 2. The summed E-state index contributed by atoms with van der Waals surface area (Å²) in [6.07, 6.45) is 5.17. The average molecular weight is 252 g/mol. The Bertz CT molecular complexity index is 364. The van der Waals surface area contributed by atoms with Crippen molar-refractivity contribution in [1.29, 1.82) is 0 Å². The maximum Gasteiger partial charge on any atom is 0.122 e. The van der Waals surface area contributed by atoms with Gasteiger partial charge >= 0.3 is 0 Å². The summed E-state index contributed by atoms with van der Waals surface area (Å²) in [4.78, 5) is 9.25. The predicted octanol–water partition coefficient (Wildman–Crippen LogP) is 0.665. The van der Waals surface area contributed by atoms with Gasteiger partial charge in [-0.05, 0) is 20.5 Å². The van der Waals surface area contributed by atoms with Crippen molar-refractivity contribution in [3.05, 3.63) is 18.2 Å². The van der Waals surface area contributed by atoms with E-state index in [1.54, 1.807) is 7.11 Å². The fourth-order valence-electron chi connectivity index (χ4n) is 2.46. The van der Waals surface area contributed by atoms with Crippen LogP contribution in [0.3, 0.4) is 0 Å². The first-order valence-corrected chi connectivity index (χ1v) is 6.58. The number of methoxy groups -OCH3 is 1. The summed E-state index contributed by atoms with van der Waals surface area (Å²) in [5.74, 6) is 1.14. The van der Waals surface area contributed by atoms with Crippen molar-refractivity contribution in [2.45, 2.75) is 25.6 Å². The zero-order valence-electron chi connectivity index (χ0n) is 11.7. The molecule has 1 aliphatic heterocycles. The van der Waals surface area contributed by atoms with E-state index in [2.05, 4.69) is 33.4 Å². The van der Waals surface area contributed by atoms with Gasteiger partial charge in [-0.3, -0.25) is 4.90 Å². The highest BCUT2D eigenvalue weighted by Gasteiger charge is 2.24. The molecule has 0 radical (unpaired) electrons. The lowest BCUT2D eigenvalue weighted by Crippen LogP contribution is -2.31. The Morgan fingerprint density at radius 2 is 2.33 bits per heavy atom. The molecular weight excluding hydrogens is 228 g/mol. The zero-order chi connectivity index (χ0) is 13.0. The first kappa shape index (κ1) is 13.5. The van der Waals surface area contributed by atoms with Crippen molar-refractivity contribution in [1.82, 2.24) is 19.4 Å². The van der Waals surface area contributed by atoms with E-state index in [0.29, 0.717) is 6.04 Å². The molecule has 1 saturated heterocycles. The minimum Gasteiger partial charge on any atom is -0.383 e. The third-order valence-electron chi connectivity index (χ3n) is 3.68. The molecule has 18 heavy (non-hydrogen) atoms. The number of rotatable bonds is 6. The summed E-state index contributed by atoms with van der Waals surface area (Å²) < 4.78 is 7.31. The van der Waals surface area contributed by atoms with Crippen LogP contribution in [-0.4, -0.2) is 66.3 Å². The number of ether oxygens (including phenoxy) is 1. The van der Waals surface area contributed by atoms with E-state index in [9.17, 15) is 0 Å². The lowest BCUT2D eigenvalue weighted by atomic mass is 10.2. The lowest BCUT2D eigenvalue weighted by Gasteiger charge is -2.20. The number of likely N-dealkylation sites (N-methyl/N-ethyl adjacent to an activating group) is 1. The van der Waals surface area contributed by atoms with Crippen molar-refractivity contribution in [2.24, 2.45) is 0 Å². The maximum atomic E-state index is 5.12. The second-order valence-electron chi connectivity index (χ2n) is 5.17. The SMILES string of the molecule is COCCn1ccnc1CN1CC[C@H](N(C)C)C1. The first-order chi connectivity index (χ1) is 8.70. The molecule has 1 atom stereocenters. The number of likely N-dealkylation sites (tertiary alicyclic amines) is 1. The molecule has 1 fully saturated rings. The molecular formula is C13H24N4O. The van der Waals surface area contributed by atoms with E-state index < -0.39 is 0 Å². The molecule has 0 amide bonds. The van der Waals surface area contributed by atoms with Crippen LogP contribution in [0.15, 0.2) is 12.4 Å². The summed E-state index contributed by atoms with van der Waals surface area (Å²) in [6.45, 7) is 4.88. The fourth-order valence-corrected chi connectivity index (χ4v) is 2.46. The van der Waals surface area contributed by atoms with Crippen LogP contribution in [0.5, 0.6) is 0 Å². The van der Waals surface area contributed by atoms with Crippen molar-refractivity contribution in [3.63, 3.8) is 0 Å². The predicted molar refractivity (Wildman–Crippen MR) is 71.5 cm³/mol. The van der Waals surface area contributed by atoms with Crippen LogP contribution in [0.1, 0.15) is 12.2 Å². The summed E-state index contributed by atoms with van der Waals surface area (Å²) in [7, 11) is 6.06. The minimum atomic E-state index is 0.687. The van der Waals surface area contributed by atoms with Crippen molar-refractivity contribution in [2.75, 3.05) is 40.9 Å². The summed E-state index contributed by atoms with van der Waals surface area (Å²) in [6, 6.07) is 0.687. The second kappa shape index (κ2) is 6.31. The third kappa shape index (κ3) is 3.31. The molecule has 0 unspecified atom stereocenters. The Morgan fingerprint density at radius 3 is 3.00 bits per heavy atom. The van der Waals surface area contributed by atoms with Gasteiger partial charge in [0.25, 0.3) is 0 Å². The Balaban J connectivity index is 1.88. The molecule has 0 N–H and O–H groups in total. The topological polar surface area (TPSA) is 33.5 Å². The Labute approximate surface area is 109 Å². The molecule has 5 nitrogen and oxygen atoms in total. The minimum absolute atomic E-state index is 0.687. The molecule has 2 rings (SSSR count). The largest absolute Gasteiger partial charge is 0.383 e. The highest BCUT2D eigenvalue weighted by molar-refractivity contribution is 4.94. The summed E-state index contributed by atoms with van der Waals surface area (Å²) in [5, 5.41) is 0. The van der Waals surface area contributed by atoms with E-state index in [-0.39, 0.29) is 0 Å². The van der Waals surface area contributed by atoms with Gasteiger partial charge in [-0.25, -0.2) is 4.98 Å². The van der Waals surface area contributed by atoms with Gasteiger partial charge in [-0.2, -0.15) is 0 Å². The fraction of sp³-hybridized carbons (Fsp3) is 0.769. The Hall–Kier alpha value is -0.910. The summed E-state index contributed by atoms with van der Waals surface area (Å²) >= 11 is 0. The van der Waals surface area contributed by atoms with Crippen LogP contribution >= 0.6 is 0 Å². The van der Waals surface area contributed by atoms with Crippen LogP contribution in [0.4, 0.5) is 0 Å². The van der Waals surface area contributed by atoms with Gasteiger partial charge in [0.1, 0.15) is 5.82 Å². The maximum absolute atomic E-state index is 5.12. The molecule has 0 bridgehead atoms. The molecule has 0 saturated carbocycles. The normalized spacial score (nSPS) is 21.0. The summed E-state index contributed by atoms with van der Waals surface area (Å²) in [5.41, 5.74) is 0. The van der Waals surface area contributed by atoms with E-state index in [1.807, 2.05) is 12.4 Å². The molecule has 5 heteroatoms. The van der Waals surface area contributed by atoms with Gasteiger partial charge in [0, 0.05) is 45.2 Å². The molecule has 1 aromatic rings. The standard InChI is InChI=1S/C13H24N4O/c1-15(2)12-4-6-16(10-12)11-13-14-5-7-17(13)8-9-18-3/h5,7,12H,4,6,8-11H2,1-3H3/t12-/m0/s1. The van der Waals surface area contributed by atoms with E-state index in [1.165, 1.54) is 13.0 Å². The van der Waals surface area contributed by atoms with E-state index in [4.69, 9.17) is 4.74 Å². The van der Waals surface area contributed by atoms with Crippen LogP contribution < -0.4 is 0 Å². The van der Waals surface area contributed by atoms with Gasteiger partial charge in [0.2, 0.25) is 0 Å². The number of hydrogen-bond donors (Lipinski definition) is 0. The van der Waals surface area contributed by atoms with Crippen molar-refractivity contribution < 1.29 is 4.74 Å². The molecule has 0 aromatic carbocycles. The van der Waals surface area contributed by atoms with E-state index in [0.717, 1.165) is 32.1 Å². The van der Waals surface area contributed by atoms with Crippen LogP contribution in [0.2, 0.25) is 0 Å². The quantitative estimate of drug-likeness (QED) is 0.745. The number of nitrogens with zero attached hydrogens (tertiary/aromatic N) is 4. The van der Waals surface area contributed by atoms with Gasteiger partial charge in [0.15, 0.2) is 0 Å². The van der Waals surface area contributed by atoms with Crippen molar-refractivity contribution >= 4 is 0 Å². The van der Waals surface area contributed by atoms with Gasteiger partial charge < -0.3 is 14.2 Å². The zero-order valence-corrected chi connectivity index (χ0v) is 11.7. The van der Waals surface area contributed by atoms with Crippen LogP contribution in [0, 0.1) is 0 Å². The third-order valence-corrected chi connectivity index (χ3v) is 3.68.